The van der Waals surface area contributed by atoms with E-state index in [4.69, 9.17) is 33.9 Å². The van der Waals surface area contributed by atoms with Gasteiger partial charge in [0, 0.05) is 36.7 Å². The third-order valence-electron chi connectivity index (χ3n) is 4.53. The first-order valence-electron chi connectivity index (χ1n) is 9.13. The Bertz CT molecular complexity index is 430. The van der Waals surface area contributed by atoms with E-state index < -0.39 is 0 Å². The van der Waals surface area contributed by atoms with Crippen LogP contribution in [0.3, 0.4) is 0 Å². The van der Waals surface area contributed by atoms with Crippen LogP contribution in [0, 0.1) is 0 Å². The van der Waals surface area contributed by atoms with Crippen molar-refractivity contribution in [2.45, 2.75) is 48.4 Å². The molecule has 4 unspecified atom stereocenters. The number of hydrogen-bond donors (Lipinski definition) is 2. The molecular formula is C16H26N2O2S6. The van der Waals surface area contributed by atoms with E-state index in [1.54, 1.807) is 21.6 Å². The molecule has 0 aromatic heterocycles. The Hall–Kier alpha value is 1.42. The third-order valence-corrected chi connectivity index (χ3v) is 12.2. The molecule has 2 N–H and O–H groups in total. The molecule has 148 valence electrons. The van der Waals surface area contributed by atoms with Gasteiger partial charge >= 0.3 is 0 Å². The second-order valence-corrected chi connectivity index (χ2v) is 12.8. The topological polar surface area (TPSA) is 42.5 Å². The Kier molecular flexibility index (Phi) is 10.4. The van der Waals surface area contributed by atoms with Crippen LogP contribution in [0.4, 0.5) is 0 Å². The van der Waals surface area contributed by atoms with Crippen LogP contribution in [0.5, 0.6) is 0 Å². The minimum Gasteiger partial charge on any atom is -0.369 e. The predicted octanol–water partition coefficient (Wildman–Crippen LogP) is 3.69. The number of hydrogen-bond acceptors (Lipinski definition) is 10. The van der Waals surface area contributed by atoms with Gasteiger partial charge in [0.2, 0.25) is 0 Å². The quantitative estimate of drug-likeness (QED) is 0.444. The van der Waals surface area contributed by atoms with E-state index in [2.05, 4.69) is 10.6 Å². The van der Waals surface area contributed by atoms with Crippen LogP contribution in [0.2, 0.25) is 0 Å². The van der Waals surface area contributed by atoms with Crippen molar-refractivity contribution in [1.29, 1.82) is 0 Å². The SMILES string of the molecule is S=C(SSC1CCCCC1SSC(=S)C1CNCCO1)C1CNCCO1. The molecule has 1 saturated carbocycles. The average Bonchev–Trinajstić information content (AvgIpc) is 2.72. The van der Waals surface area contributed by atoms with E-state index in [1.807, 2.05) is 21.6 Å². The maximum atomic E-state index is 5.77. The molecule has 2 saturated heterocycles. The number of ether oxygens (including phenoxy) is 2. The van der Waals surface area contributed by atoms with Gasteiger partial charge in [-0.3, -0.25) is 0 Å². The van der Waals surface area contributed by atoms with Crippen LogP contribution in [0.15, 0.2) is 0 Å². The summed E-state index contributed by atoms with van der Waals surface area (Å²) in [6.45, 7) is 5.04. The molecule has 0 aromatic rings. The highest BCUT2D eigenvalue weighted by Crippen LogP contribution is 2.46. The minimum absolute atomic E-state index is 0.0730. The molecule has 3 fully saturated rings. The largest absolute Gasteiger partial charge is 0.369 e. The number of thiocarbonyl (C=S) groups is 2. The lowest BCUT2D eigenvalue weighted by atomic mass is 10.00. The summed E-state index contributed by atoms with van der Waals surface area (Å²) in [7, 11) is 7.38. The molecule has 0 bridgehead atoms. The van der Waals surface area contributed by atoms with E-state index in [-0.39, 0.29) is 12.2 Å². The molecule has 0 spiro atoms. The van der Waals surface area contributed by atoms with Crippen molar-refractivity contribution in [3.8, 4) is 0 Å². The van der Waals surface area contributed by atoms with Gasteiger partial charge < -0.3 is 20.1 Å². The zero-order valence-corrected chi connectivity index (χ0v) is 19.5. The zero-order valence-electron chi connectivity index (χ0n) is 14.6. The van der Waals surface area contributed by atoms with E-state index >= 15 is 0 Å². The van der Waals surface area contributed by atoms with Crippen molar-refractivity contribution in [1.82, 2.24) is 10.6 Å². The van der Waals surface area contributed by atoms with E-state index in [9.17, 15) is 0 Å². The van der Waals surface area contributed by atoms with Crippen molar-refractivity contribution >= 4 is 76.0 Å². The van der Waals surface area contributed by atoms with Gasteiger partial charge in [-0.2, -0.15) is 0 Å². The van der Waals surface area contributed by atoms with Crippen LogP contribution >= 0.6 is 67.6 Å². The van der Waals surface area contributed by atoms with Gasteiger partial charge in [-0.05, 0) is 34.4 Å². The fourth-order valence-corrected chi connectivity index (χ4v) is 10.1. The smallest absolute Gasteiger partial charge is 0.112 e. The molecule has 10 heteroatoms. The molecule has 26 heavy (non-hydrogen) atoms. The Balaban J connectivity index is 1.41. The molecule has 0 radical (unpaired) electrons. The first-order chi connectivity index (χ1) is 12.7. The summed E-state index contributed by atoms with van der Waals surface area (Å²) in [5.74, 6) is 0. The van der Waals surface area contributed by atoms with Crippen LogP contribution in [-0.4, -0.2) is 70.5 Å². The molecule has 3 rings (SSSR count). The second-order valence-electron chi connectivity index (χ2n) is 6.49. The van der Waals surface area contributed by atoms with Gasteiger partial charge in [-0.15, -0.1) is 0 Å². The maximum Gasteiger partial charge on any atom is 0.112 e. The minimum atomic E-state index is 0.0730. The lowest BCUT2D eigenvalue weighted by molar-refractivity contribution is 0.0743. The highest BCUT2D eigenvalue weighted by Gasteiger charge is 2.30. The number of rotatable bonds is 6. The number of morpholine rings is 2. The second kappa shape index (κ2) is 12.2. The number of nitrogens with one attached hydrogen (secondary N) is 2. The standard InChI is InChI=1S/C16H26N2O2S6/c21-15(11-9-17-5-7-19-11)25-23-13-3-1-2-4-14(13)24-26-16(22)12-10-18-6-8-20-12/h11-14,17-18H,1-10H2. The summed E-state index contributed by atoms with van der Waals surface area (Å²) < 4.78 is 13.5. The lowest BCUT2D eigenvalue weighted by Crippen LogP contribution is -2.41. The molecule has 0 aromatic carbocycles. The van der Waals surface area contributed by atoms with Crippen molar-refractivity contribution in [3.05, 3.63) is 0 Å². The van der Waals surface area contributed by atoms with Crippen molar-refractivity contribution < 1.29 is 9.47 Å². The summed E-state index contributed by atoms with van der Waals surface area (Å²) in [6, 6.07) is 0. The van der Waals surface area contributed by atoms with E-state index in [0.717, 1.165) is 47.8 Å². The third kappa shape index (κ3) is 7.03. The molecular weight excluding hydrogens is 445 g/mol. The van der Waals surface area contributed by atoms with Crippen molar-refractivity contribution in [2.24, 2.45) is 0 Å². The molecule has 4 nitrogen and oxygen atoms in total. The normalized spacial score (nSPS) is 32.9. The van der Waals surface area contributed by atoms with E-state index in [0.29, 0.717) is 10.5 Å². The zero-order chi connectivity index (χ0) is 18.2. The van der Waals surface area contributed by atoms with Crippen LogP contribution < -0.4 is 10.6 Å². The summed E-state index contributed by atoms with van der Waals surface area (Å²) in [5, 5.41) is 7.94. The Morgan fingerprint density at radius 3 is 1.62 bits per heavy atom. The first kappa shape index (κ1) is 22.1. The van der Waals surface area contributed by atoms with Gasteiger partial charge in [-0.1, -0.05) is 58.9 Å². The van der Waals surface area contributed by atoms with Crippen LogP contribution in [0.25, 0.3) is 0 Å². The highest BCUT2D eigenvalue weighted by atomic mass is 33.1. The van der Waals surface area contributed by atoms with Crippen LogP contribution in [-0.2, 0) is 9.47 Å². The lowest BCUT2D eigenvalue weighted by Gasteiger charge is -2.31. The Labute approximate surface area is 183 Å². The van der Waals surface area contributed by atoms with Gasteiger partial charge in [-0.25, -0.2) is 0 Å². The molecule has 4 atom stereocenters. The summed E-state index contributed by atoms with van der Waals surface area (Å²) in [6.07, 6.45) is 5.29. The van der Waals surface area contributed by atoms with Crippen LogP contribution in [0.1, 0.15) is 25.7 Å². The molecule has 0 amide bonds. The van der Waals surface area contributed by atoms with Crippen molar-refractivity contribution in [2.75, 3.05) is 39.4 Å². The van der Waals surface area contributed by atoms with Gasteiger partial charge in [0.1, 0.15) is 12.2 Å². The Morgan fingerprint density at radius 1 is 0.769 bits per heavy atom. The van der Waals surface area contributed by atoms with Gasteiger partial charge in [0.05, 0.1) is 21.6 Å². The molecule has 2 aliphatic heterocycles. The van der Waals surface area contributed by atoms with Gasteiger partial charge in [0.15, 0.2) is 0 Å². The maximum absolute atomic E-state index is 5.77. The first-order valence-corrected chi connectivity index (χ1v) is 14.4. The Morgan fingerprint density at radius 2 is 1.23 bits per heavy atom. The monoisotopic (exact) mass is 470 g/mol. The predicted molar refractivity (Wildman–Crippen MR) is 127 cm³/mol. The van der Waals surface area contributed by atoms with Gasteiger partial charge in [0.25, 0.3) is 0 Å². The average molecular weight is 471 g/mol. The molecule has 1 aliphatic carbocycles. The van der Waals surface area contributed by atoms with E-state index in [1.165, 1.54) is 25.7 Å². The molecule has 2 heterocycles. The van der Waals surface area contributed by atoms with Crippen molar-refractivity contribution in [3.63, 3.8) is 0 Å². The fraction of sp³-hybridized carbons (Fsp3) is 0.875. The summed E-state index contributed by atoms with van der Waals surface area (Å²) in [5.41, 5.74) is 0. The summed E-state index contributed by atoms with van der Waals surface area (Å²) >= 11 is 11.2. The molecule has 3 aliphatic rings. The summed E-state index contributed by atoms with van der Waals surface area (Å²) in [4.78, 5) is 0. The highest BCUT2D eigenvalue weighted by molar-refractivity contribution is 8.85. The fourth-order valence-electron chi connectivity index (χ4n) is 3.04.